The van der Waals surface area contributed by atoms with Crippen LogP contribution >= 0.6 is 11.6 Å². The van der Waals surface area contributed by atoms with Gasteiger partial charge in [0, 0.05) is 16.0 Å². The number of para-hydroxylation sites is 1. The Bertz CT molecular complexity index is 1000. The van der Waals surface area contributed by atoms with Crippen molar-refractivity contribution >= 4 is 22.5 Å². The van der Waals surface area contributed by atoms with Crippen LogP contribution in [0.1, 0.15) is 11.1 Å². The third-order valence-electron chi connectivity index (χ3n) is 4.26. The van der Waals surface area contributed by atoms with Gasteiger partial charge in [-0.3, -0.25) is 4.68 Å². The summed E-state index contributed by atoms with van der Waals surface area (Å²) < 4.78 is 2.03. The quantitative estimate of drug-likeness (QED) is 0.469. The maximum absolute atomic E-state index is 6.33. The molecule has 0 aliphatic carbocycles. The molecule has 0 bridgehead atoms. The molecule has 0 fully saturated rings. The lowest BCUT2D eigenvalue weighted by atomic mass is 10.1. The molecule has 0 amide bonds. The van der Waals surface area contributed by atoms with Gasteiger partial charge in [0.05, 0.1) is 12.1 Å². The molecule has 0 unspecified atom stereocenters. The normalized spacial score (nSPS) is 11.1. The van der Waals surface area contributed by atoms with Gasteiger partial charge in [-0.15, -0.1) is 0 Å². The van der Waals surface area contributed by atoms with Crippen molar-refractivity contribution in [1.29, 1.82) is 0 Å². The first-order chi connectivity index (χ1) is 11.7. The van der Waals surface area contributed by atoms with Crippen molar-refractivity contribution in [2.45, 2.75) is 13.5 Å². The van der Waals surface area contributed by atoms with Crippen LogP contribution in [0.2, 0.25) is 5.02 Å². The molecule has 1 heterocycles. The number of aromatic nitrogens is 2. The molecule has 0 aliphatic heterocycles. The summed E-state index contributed by atoms with van der Waals surface area (Å²) >= 11 is 6.33. The molecule has 4 rings (SSSR count). The van der Waals surface area contributed by atoms with Gasteiger partial charge in [0.2, 0.25) is 0 Å². The largest absolute Gasteiger partial charge is 0.260 e. The highest BCUT2D eigenvalue weighted by molar-refractivity contribution is 6.31. The van der Waals surface area contributed by atoms with E-state index in [2.05, 4.69) is 49.4 Å². The predicted molar refractivity (Wildman–Crippen MR) is 100 cm³/mol. The first-order valence-corrected chi connectivity index (χ1v) is 8.36. The second-order valence-electron chi connectivity index (χ2n) is 5.98. The molecule has 0 N–H and O–H groups in total. The molecule has 1 aromatic heterocycles. The smallest absolute Gasteiger partial charge is 0.100 e. The Morgan fingerprint density at radius 2 is 1.58 bits per heavy atom. The molecule has 2 nitrogen and oxygen atoms in total. The van der Waals surface area contributed by atoms with Gasteiger partial charge < -0.3 is 0 Å². The van der Waals surface area contributed by atoms with Crippen LogP contribution in [-0.2, 0) is 6.54 Å². The molecule has 3 aromatic carbocycles. The van der Waals surface area contributed by atoms with Crippen molar-refractivity contribution in [3.63, 3.8) is 0 Å². The van der Waals surface area contributed by atoms with Gasteiger partial charge in [0.25, 0.3) is 0 Å². The molecule has 0 atom stereocenters. The molecule has 118 valence electrons. The summed E-state index contributed by atoms with van der Waals surface area (Å²) in [5.41, 5.74) is 5.58. The maximum Gasteiger partial charge on any atom is 0.100 e. The van der Waals surface area contributed by atoms with E-state index >= 15 is 0 Å². The van der Waals surface area contributed by atoms with Crippen molar-refractivity contribution < 1.29 is 0 Å². The fourth-order valence-electron chi connectivity index (χ4n) is 2.96. The summed E-state index contributed by atoms with van der Waals surface area (Å²) in [6, 6.07) is 24.8. The molecule has 0 aliphatic rings. The van der Waals surface area contributed by atoms with Gasteiger partial charge in [-0.25, -0.2) is 0 Å². The highest BCUT2D eigenvalue weighted by Crippen LogP contribution is 2.29. The summed E-state index contributed by atoms with van der Waals surface area (Å²) in [5.74, 6) is 0. The molecule has 3 heteroatoms. The Balaban J connectivity index is 1.85. The topological polar surface area (TPSA) is 17.8 Å². The Morgan fingerprint density at radius 1 is 0.875 bits per heavy atom. The Hall–Kier alpha value is -2.58. The van der Waals surface area contributed by atoms with E-state index in [1.807, 2.05) is 35.0 Å². The lowest BCUT2D eigenvalue weighted by molar-refractivity contribution is 0.715. The van der Waals surface area contributed by atoms with Crippen LogP contribution in [0.4, 0.5) is 0 Å². The SMILES string of the molecule is Cc1ccc(-c2nn(Cc3ccccc3Cl)c3ccccc23)cc1. The predicted octanol–water partition coefficient (Wildman–Crippen LogP) is 5.71. The number of benzene rings is 3. The van der Waals surface area contributed by atoms with Crippen LogP contribution in [-0.4, -0.2) is 9.78 Å². The van der Waals surface area contributed by atoms with Gasteiger partial charge in [-0.2, -0.15) is 5.10 Å². The van der Waals surface area contributed by atoms with E-state index in [9.17, 15) is 0 Å². The summed E-state index contributed by atoms with van der Waals surface area (Å²) in [5, 5.41) is 6.82. The first-order valence-electron chi connectivity index (χ1n) is 7.98. The zero-order valence-electron chi connectivity index (χ0n) is 13.4. The molecular formula is C21H17ClN2. The van der Waals surface area contributed by atoms with Gasteiger partial charge in [-0.1, -0.05) is 77.8 Å². The van der Waals surface area contributed by atoms with Gasteiger partial charge >= 0.3 is 0 Å². The molecule has 0 saturated carbocycles. The second kappa shape index (κ2) is 6.14. The van der Waals surface area contributed by atoms with Crippen LogP contribution in [0.15, 0.2) is 72.8 Å². The van der Waals surface area contributed by atoms with Crippen LogP contribution in [0.25, 0.3) is 22.2 Å². The van der Waals surface area contributed by atoms with Crippen molar-refractivity contribution in [2.24, 2.45) is 0 Å². The standard InChI is InChI=1S/C21H17ClN2/c1-15-10-12-16(13-11-15)21-18-7-3-5-9-20(18)24(23-21)14-17-6-2-4-8-19(17)22/h2-13H,14H2,1H3. The average molecular weight is 333 g/mol. The number of hydrogen-bond acceptors (Lipinski definition) is 1. The Morgan fingerprint density at radius 3 is 2.38 bits per heavy atom. The second-order valence-corrected chi connectivity index (χ2v) is 6.39. The Labute approximate surface area is 146 Å². The minimum Gasteiger partial charge on any atom is -0.260 e. The van der Waals surface area contributed by atoms with Crippen molar-refractivity contribution in [3.05, 3.63) is 88.9 Å². The van der Waals surface area contributed by atoms with Gasteiger partial charge in [-0.05, 0) is 24.6 Å². The fourth-order valence-corrected chi connectivity index (χ4v) is 3.16. The summed E-state index contributed by atoms with van der Waals surface area (Å²) in [6.45, 7) is 2.75. The van der Waals surface area contributed by atoms with E-state index in [0.29, 0.717) is 6.54 Å². The van der Waals surface area contributed by atoms with E-state index in [-0.39, 0.29) is 0 Å². The van der Waals surface area contributed by atoms with Crippen LogP contribution in [0.3, 0.4) is 0 Å². The van der Waals surface area contributed by atoms with Crippen LogP contribution in [0.5, 0.6) is 0 Å². The van der Waals surface area contributed by atoms with E-state index in [1.165, 1.54) is 5.56 Å². The minimum atomic E-state index is 0.659. The Kier molecular flexibility index (Phi) is 3.83. The van der Waals surface area contributed by atoms with E-state index in [4.69, 9.17) is 16.7 Å². The van der Waals surface area contributed by atoms with Gasteiger partial charge in [0.1, 0.15) is 5.69 Å². The number of aryl methyl sites for hydroxylation is 1. The number of hydrogen-bond donors (Lipinski definition) is 0. The average Bonchev–Trinajstić information content (AvgIpc) is 2.97. The molecule has 0 saturated heterocycles. The maximum atomic E-state index is 6.33. The van der Waals surface area contributed by atoms with E-state index in [0.717, 1.165) is 32.7 Å². The molecule has 0 radical (unpaired) electrons. The number of rotatable bonds is 3. The minimum absolute atomic E-state index is 0.659. The number of halogens is 1. The van der Waals surface area contributed by atoms with E-state index < -0.39 is 0 Å². The highest BCUT2D eigenvalue weighted by atomic mass is 35.5. The fraction of sp³-hybridized carbons (Fsp3) is 0.0952. The van der Waals surface area contributed by atoms with Crippen LogP contribution in [0, 0.1) is 6.92 Å². The molecule has 0 spiro atoms. The lowest BCUT2D eigenvalue weighted by Gasteiger charge is -2.05. The summed E-state index contributed by atoms with van der Waals surface area (Å²) in [4.78, 5) is 0. The lowest BCUT2D eigenvalue weighted by Crippen LogP contribution is -2.02. The zero-order chi connectivity index (χ0) is 16.5. The summed E-state index contributed by atoms with van der Waals surface area (Å²) in [6.07, 6.45) is 0. The first kappa shape index (κ1) is 15.0. The van der Waals surface area contributed by atoms with Crippen molar-refractivity contribution in [2.75, 3.05) is 0 Å². The monoisotopic (exact) mass is 332 g/mol. The number of fused-ring (bicyclic) bond motifs is 1. The molecule has 4 aromatic rings. The van der Waals surface area contributed by atoms with Crippen molar-refractivity contribution in [1.82, 2.24) is 9.78 Å². The van der Waals surface area contributed by atoms with Gasteiger partial charge in [0.15, 0.2) is 0 Å². The molecular weight excluding hydrogens is 316 g/mol. The van der Waals surface area contributed by atoms with E-state index in [1.54, 1.807) is 0 Å². The molecule has 24 heavy (non-hydrogen) atoms. The summed E-state index contributed by atoms with van der Waals surface area (Å²) in [7, 11) is 0. The third-order valence-corrected chi connectivity index (χ3v) is 4.63. The highest BCUT2D eigenvalue weighted by Gasteiger charge is 2.12. The third kappa shape index (κ3) is 2.70. The number of nitrogens with zero attached hydrogens (tertiary/aromatic N) is 2. The zero-order valence-corrected chi connectivity index (χ0v) is 14.2. The van der Waals surface area contributed by atoms with Crippen molar-refractivity contribution in [3.8, 4) is 11.3 Å². The van der Waals surface area contributed by atoms with Crippen LogP contribution < -0.4 is 0 Å².